The summed E-state index contributed by atoms with van der Waals surface area (Å²) in [6, 6.07) is 15.5. The third kappa shape index (κ3) is 4.95. The van der Waals surface area contributed by atoms with Crippen molar-refractivity contribution in [2.75, 3.05) is 24.3 Å². The molecular formula is C21H19N3O7S. The van der Waals surface area contributed by atoms with Crippen molar-refractivity contribution in [3.63, 3.8) is 0 Å². The molecule has 0 saturated carbocycles. The quantitative estimate of drug-likeness (QED) is 0.389. The number of sulfonamides is 1. The summed E-state index contributed by atoms with van der Waals surface area (Å²) >= 11 is 0. The number of benzene rings is 3. The molecule has 0 atom stereocenters. The van der Waals surface area contributed by atoms with E-state index in [9.17, 15) is 23.3 Å². The standard InChI is InChI=1S/C21H19N3O7S/c1-30-15-8-10-16(11-9-15)32(28,29)23-18-6-4-3-5-17(18)21(25)22-19-13-14(24(26)27)7-12-20(19)31-2/h3-13,23H,1-2H3,(H,22,25). The molecule has 0 radical (unpaired) electrons. The molecule has 3 aromatic carbocycles. The van der Waals surface area contributed by atoms with E-state index in [2.05, 4.69) is 10.0 Å². The number of para-hydroxylation sites is 1. The Morgan fingerprint density at radius 3 is 2.25 bits per heavy atom. The number of hydrogen-bond donors (Lipinski definition) is 2. The van der Waals surface area contributed by atoms with Gasteiger partial charge in [0, 0.05) is 12.1 Å². The van der Waals surface area contributed by atoms with Gasteiger partial charge in [-0.15, -0.1) is 0 Å². The lowest BCUT2D eigenvalue weighted by atomic mass is 10.1. The Morgan fingerprint density at radius 2 is 1.62 bits per heavy atom. The Hall–Kier alpha value is -4.12. The van der Waals surface area contributed by atoms with Gasteiger partial charge in [0.05, 0.1) is 41.0 Å². The van der Waals surface area contributed by atoms with Gasteiger partial charge < -0.3 is 14.8 Å². The van der Waals surface area contributed by atoms with E-state index in [1.165, 1.54) is 62.8 Å². The van der Waals surface area contributed by atoms with Crippen LogP contribution in [-0.4, -0.2) is 33.5 Å². The number of amides is 1. The van der Waals surface area contributed by atoms with Crippen LogP contribution >= 0.6 is 0 Å². The van der Waals surface area contributed by atoms with Crippen molar-refractivity contribution in [3.05, 3.63) is 82.4 Å². The number of nitrogens with zero attached hydrogens (tertiary/aromatic N) is 1. The van der Waals surface area contributed by atoms with Gasteiger partial charge in [-0.2, -0.15) is 0 Å². The number of hydrogen-bond acceptors (Lipinski definition) is 7. The zero-order valence-electron chi connectivity index (χ0n) is 17.1. The smallest absolute Gasteiger partial charge is 0.271 e. The van der Waals surface area contributed by atoms with Crippen molar-refractivity contribution in [2.24, 2.45) is 0 Å². The van der Waals surface area contributed by atoms with Gasteiger partial charge in [-0.05, 0) is 42.5 Å². The summed E-state index contributed by atoms with van der Waals surface area (Å²) in [4.78, 5) is 23.3. The first-order valence-corrected chi connectivity index (χ1v) is 10.6. The van der Waals surface area contributed by atoms with Crippen molar-refractivity contribution in [2.45, 2.75) is 4.90 Å². The third-order valence-corrected chi connectivity index (χ3v) is 5.81. The van der Waals surface area contributed by atoms with E-state index in [1.807, 2.05) is 0 Å². The summed E-state index contributed by atoms with van der Waals surface area (Å²) in [5.74, 6) is 0.0201. The number of rotatable bonds is 8. The maximum Gasteiger partial charge on any atom is 0.271 e. The van der Waals surface area contributed by atoms with E-state index in [0.29, 0.717) is 5.75 Å². The van der Waals surface area contributed by atoms with Crippen LogP contribution < -0.4 is 19.5 Å². The second-order valence-corrected chi connectivity index (χ2v) is 8.10. The first kappa shape index (κ1) is 22.6. The Labute approximate surface area is 184 Å². The molecule has 3 aromatic rings. The SMILES string of the molecule is COc1ccc(S(=O)(=O)Nc2ccccc2C(=O)Nc2cc([N+](=O)[O-])ccc2OC)cc1. The van der Waals surface area contributed by atoms with Crippen LogP contribution in [0.15, 0.2) is 71.6 Å². The molecule has 0 aliphatic rings. The van der Waals surface area contributed by atoms with Crippen molar-refractivity contribution >= 4 is 33.0 Å². The van der Waals surface area contributed by atoms with Gasteiger partial charge in [-0.25, -0.2) is 8.42 Å². The molecule has 0 bridgehead atoms. The minimum Gasteiger partial charge on any atom is -0.497 e. The molecule has 0 heterocycles. The maximum atomic E-state index is 12.9. The second kappa shape index (κ2) is 9.35. The van der Waals surface area contributed by atoms with Crippen molar-refractivity contribution in [1.29, 1.82) is 0 Å². The zero-order chi connectivity index (χ0) is 23.3. The number of nitro benzene ring substituents is 1. The highest BCUT2D eigenvalue weighted by atomic mass is 32.2. The fraction of sp³-hybridized carbons (Fsp3) is 0.0952. The fourth-order valence-electron chi connectivity index (χ4n) is 2.83. The van der Waals surface area contributed by atoms with Crippen LogP contribution in [-0.2, 0) is 10.0 Å². The normalized spacial score (nSPS) is 10.8. The summed E-state index contributed by atoms with van der Waals surface area (Å²) in [7, 11) is -1.18. The van der Waals surface area contributed by atoms with Gasteiger partial charge in [-0.1, -0.05) is 12.1 Å². The van der Waals surface area contributed by atoms with Gasteiger partial charge in [0.25, 0.3) is 21.6 Å². The Morgan fingerprint density at radius 1 is 0.938 bits per heavy atom. The summed E-state index contributed by atoms with van der Waals surface area (Å²) < 4.78 is 38.1. The van der Waals surface area contributed by atoms with E-state index in [1.54, 1.807) is 12.1 Å². The maximum absolute atomic E-state index is 12.9. The average molecular weight is 457 g/mol. The highest BCUT2D eigenvalue weighted by molar-refractivity contribution is 7.92. The number of carbonyl (C=O) groups excluding carboxylic acids is 1. The summed E-state index contributed by atoms with van der Waals surface area (Å²) in [5, 5.41) is 13.6. The van der Waals surface area contributed by atoms with E-state index in [0.717, 1.165) is 6.07 Å². The Kier molecular flexibility index (Phi) is 6.59. The van der Waals surface area contributed by atoms with Crippen LogP contribution in [0, 0.1) is 10.1 Å². The topological polar surface area (TPSA) is 137 Å². The van der Waals surface area contributed by atoms with Gasteiger partial charge in [0.15, 0.2) is 0 Å². The minimum atomic E-state index is -4.00. The molecule has 1 amide bonds. The number of carbonyl (C=O) groups is 1. The highest BCUT2D eigenvalue weighted by Crippen LogP contribution is 2.30. The highest BCUT2D eigenvalue weighted by Gasteiger charge is 2.20. The molecule has 0 unspecified atom stereocenters. The number of nitrogens with one attached hydrogen (secondary N) is 2. The molecule has 11 heteroatoms. The third-order valence-electron chi connectivity index (χ3n) is 4.43. The van der Waals surface area contributed by atoms with Crippen molar-refractivity contribution in [3.8, 4) is 11.5 Å². The summed E-state index contributed by atoms with van der Waals surface area (Å²) in [6.45, 7) is 0. The summed E-state index contributed by atoms with van der Waals surface area (Å²) in [5.41, 5.74) is -0.127. The molecule has 0 aromatic heterocycles. The Balaban J connectivity index is 1.90. The molecule has 166 valence electrons. The van der Waals surface area contributed by atoms with Gasteiger partial charge in [0.1, 0.15) is 11.5 Å². The first-order chi connectivity index (χ1) is 15.2. The molecule has 0 spiro atoms. The molecular weight excluding hydrogens is 438 g/mol. The lowest BCUT2D eigenvalue weighted by Gasteiger charge is -2.14. The van der Waals surface area contributed by atoms with E-state index in [4.69, 9.17) is 9.47 Å². The van der Waals surface area contributed by atoms with Gasteiger partial charge >= 0.3 is 0 Å². The predicted molar refractivity (Wildman–Crippen MR) is 118 cm³/mol. The number of nitro groups is 1. The molecule has 2 N–H and O–H groups in total. The lowest BCUT2D eigenvalue weighted by Crippen LogP contribution is -2.19. The number of non-ortho nitro benzene ring substituents is 1. The van der Waals surface area contributed by atoms with Gasteiger partial charge in [0.2, 0.25) is 0 Å². The first-order valence-electron chi connectivity index (χ1n) is 9.15. The van der Waals surface area contributed by atoms with Crippen LogP contribution in [0.3, 0.4) is 0 Å². The molecule has 10 nitrogen and oxygen atoms in total. The molecule has 0 aliphatic heterocycles. The van der Waals surface area contributed by atoms with Crippen LogP contribution in [0.25, 0.3) is 0 Å². The monoisotopic (exact) mass is 457 g/mol. The molecule has 0 saturated heterocycles. The van der Waals surface area contributed by atoms with E-state index < -0.39 is 20.9 Å². The Bertz CT molecular complexity index is 1260. The fourth-order valence-corrected chi connectivity index (χ4v) is 3.91. The molecule has 32 heavy (non-hydrogen) atoms. The molecule has 3 rings (SSSR count). The van der Waals surface area contributed by atoms with Crippen molar-refractivity contribution < 1.29 is 27.6 Å². The molecule has 0 aliphatic carbocycles. The van der Waals surface area contributed by atoms with E-state index >= 15 is 0 Å². The lowest BCUT2D eigenvalue weighted by molar-refractivity contribution is -0.384. The second-order valence-electron chi connectivity index (χ2n) is 6.42. The van der Waals surface area contributed by atoms with Gasteiger partial charge in [-0.3, -0.25) is 19.6 Å². The number of methoxy groups -OCH3 is 2. The largest absolute Gasteiger partial charge is 0.497 e. The van der Waals surface area contributed by atoms with Crippen LogP contribution in [0.4, 0.5) is 17.1 Å². The number of ether oxygens (including phenoxy) is 2. The van der Waals surface area contributed by atoms with Crippen molar-refractivity contribution in [1.82, 2.24) is 0 Å². The van der Waals surface area contributed by atoms with Crippen LogP contribution in [0.1, 0.15) is 10.4 Å². The summed E-state index contributed by atoms with van der Waals surface area (Å²) in [6.07, 6.45) is 0. The van der Waals surface area contributed by atoms with E-state index in [-0.39, 0.29) is 33.3 Å². The van der Waals surface area contributed by atoms with Crippen LogP contribution in [0.2, 0.25) is 0 Å². The minimum absolute atomic E-state index is 0.0122. The molecule has 0 fully saturated rings. The average Bonchev–Trinajstić information content (AvgIpc) is 2.79. The number of anilines is 2. The van der Waals surface area contributed by atoms with Crippen LogP contribution in [0.5, 0.6) is 11.5 Å². The predicted octanol–water partition coefficient (Wildman–Crippen LogP) is 3.67. The zero-order valence-corrected chi connectivity index (χ0v) is 17.9.